The summed E-state index contributed by atoms with van der Waals surface area (Å²) in [5.41, 5.74) is 0. The zero-order valence-electron chi connectivity index (χ0n) is 36.9. The largest absolute Gasteiger partial charge is 0.472 e. The van der Waals surface area contributed by atoms with Crippen molar-refractivity contribution in [1.29, 1.82) is 0 Å². The number of nitrogens with zero attached hydrogens (tertiary/aromatic N) is 1. The lowest BCUT2D eigenvalue weighted by molar-refractivity contribution is -0.870. The van der Waals surface area contributed by atoms with Gasteiger partial charge in [0, 0.05) is 13.0 Å². The Bertz CT molecular complexity index is 936. The first-order chi connectivity index (χ1) is 26.6. The Morgan fingerprint density at radius 1 is 0.564 bits per heavy atom. The molecule has 9 heteroatoms. The minimum Gasteiger partial charge on any atom is -0.457 e. The minimum absolute atomic E-state index is 0.0884. The van der Waals surface area contributed by atoms with Crippen LogP contribution in [0.5, 0.6) is 0 Å². The van der Waals surface area contributed by atoms with Crippen LogP contribution >= 0.6 is 7.82 Å². The molecule has 0 radical (unpaired) electrons. The molecular weight excluding hydrogens is 709 g/mol. The molecule has 326 valence electrons. The Labute approximate surface area is 341 Å². The van der Waals surface area contributed by atoms with E-state index in [0.29, 0.717) is 24.1 Å². The van der Waals surface area contributed by atoms with Crippen LogP contribution in [0.4, 0.5) is 0 Å². The normalized spacial score (nSPS) is 13.9. The van der Waals surface area contributed by atoms with Crippen molar-refractivity contribution in [2.45, 2.75) is 213 Å². The smallest absolute Gasteiger partial charge is 0.457 e. The number of ether oxygens (including phenoxy) is 2. The first kappa shape index (κ1) is 54.0. The Hall–Kier alpha value is -1.02. The number of esters is 1. The maximum Gasteiger partial charge on any atom is 0.472 e. The highest BCUT2D eigenvalue weighted by molar-refractivity contribution is 7.47. The van der Waals surface area contributed by atoms with Gasteiger partial charge in [0.2, 0.25) is 0 Å². The van der Waals surface area contributed by atoms with Crippen LogP contribution in [0.25, 0.3) is 0 Å². The second kappa shape index (κ2) is 39.8. The molecule has 0 fully saturated rings. The van der Waals surface area contributed by atoms with Crippen molar-refractivity contribution in [3.05, 3.63) is 24.3 Å². The number of rotatable bonds is 43. The summed E-state index contributed by atoms with van der Waals surface area (Å²) in [6.07, 6.45) is 44.9. The fourth-order valence-corrected chi connectivity index (χ4v) is 7.15. The number of allylic oxidation sites excluding steroid dienone is 4. The van der Waals surface area contributed by atoms with Gasteiger partial charge in [-0.25, -0.2) is 4.57 Å². The SMILES string of the molecule is CCCCC/C=C\C/C=C\CCCCCCCCOC[C@H](COP(=O)(O)OCC[N+](C)(C)C)OC(=O)CCCCCCCCCCCCCCCCCCC. The Balaban J connectivity index is 4.20. The van der Waals surface area contributed by atoms with Gasteiger partial charge in [-0.15, -0.1) is 0 Å². The highest BCUT2D eigenvalue weighted by Gasteiger charge is 2.26. The molecule has 0 heterocycles. The number of carbonyl (C=O) groups is 1. The van der Waals surface area contributed by atoms with Gasteiger partial charge in [-0.3, -0.25) is 13.8 Å². The Morgan fingerprint density at radius 3 is 1.51 bits per heavy atom. The van der Waals surface area contributed by atoms with E-state index < -0.39 is 13.9 Å². The van der Waals surface area contributed by atoms with Gasteiger partial charge in [0.05, 0.1) is 34.4 Å². The molecule has 0 aliphatic heterocycles. The lowest BCUT2D eigenvalue weighted by Gasteiger charge is -2.24. The van der Waals surface area contributed by atoms with Crippen LogP contribution in [0.2, 0.25) is 0 Å². The van der Waals surface area contributed by atoms with Gasteiger partial charge in [0.15, 0.2) is 0 Å². The van der Waals surface area contributed by atoms with E-state index in [1.165, 1.54) is 141 Å². The molecule has 0 saturated carbocycles. The molecule has 0 aromatic carbocycles. The number of quaternary nitrogens is 1. The fourth-order valence-electron chi connectivity index (χ4n) is 6.41. The number of phosphoric ester groups is 1. The summed E-state index contributed by atoms with van der Waals surface area (Å²) in [6, 6.07) is 0. The van der Waals surface area contributed by atoms with Crippen LogP contribution in [0.1, 0.15) is 206 Å². The molecule has 55 heavy (non-hydrogen) atoms. The van der Waals surface area contributed by atoms with Crippen molar-refractivity contribution in [2.75, 3.05) is 54.1 Å². The molecular formula is C46H91NO7P+. The van der Waals surface area contributed by atoms with Crippen molar-refractivity contribution in [3.63, 3.8) is 0 Å². The number of hydrogen-bond acceptors (Lipinski definition) is 6. The molecule has 0 rings (SSSR count). The predicted octanol–water partition coefficient (Wildman–Crippen LogP) is 13.6. The first-order valence-corrected chi connectivity index (χ1v) is 24.6. The predicted molar refractivity (Wildman–Crippen MR) is 233 cm³/mol. The Kier molecular flexibility index (Phi) is 39.1. The molecule has 0 saturated heterocycles. The van der Waals surface area contributed by atoms with Crippen LogP contribution in [0.3, 0.4) is 0 Å². The highest BCUT2D eigenvalue weighted by Crippen LogP contribution is 2.43. The number of likely N-dealkylation sites (N-methyl/N-ethyl adjacent to an activating group) is 1. The monoisotopic (exact) mass is 801 g/mol. The molecule has 0 bridgehead atoms. The number of phosphoric acid groups is 1. The summed E-state index contributed by atoms with van der Waals surface area (Å²) in [6.45, 7) is 5.61. The summed E-state index contributed by atoms with van der Waals surface area (Å²) in [7, 11) is 1.67. The summed E-state index contributed by atoms with van der Waals surface area (Å²) in [5.74, 6) is -0.314. The van der Waals surface area contributed by atoms with E-state index in [1.54, 1.807) is 0 Å². The van der Waals surface area contributed by atoms with E-state index in [9.17, 15) is 14.3 Å². The minimum atomic E-state index is -4.27. The van der Waals surface area contributed by atoms with Gasteiger partial charge in [-0.05, 0) is 44.9 Å². The van der Waals surface area contributed by atoms with Crippen LogP contribution in [-0.4, -0.2) is 75.6 Å². The molecule has 0 aliphatic rings. The zero-order valence-corrected chi connectivity index (χ0v) is 37.8. The average molecular weight is 801 g/mol. The molecule has 1 unspecified atom stereocenters. The number of carbonyl (C=O) groups excluding carboxylic acids is 1. The van der Waals surface area contributed by atoms with E-state index >= 15 is 0 Å². The fraction of sp³-hybridized carbons (Fsp3) is 0.891. The topological polar surface area (TPSA) is 91.3 Å². The Morgan fingerprint density at radius 2 is 1.00 bits per heavy atom. The van der Waals surface area contributed by atoms with E-state index in [2.05, 4.69) is 38.2 Å². The van der Waals surface area contributed by atoms with Crippen LogP contribution in [0, 0.1) is 0 Å². The molecule has 0 amide bonds. The zero-order chi connectivity index (χ0) is 40.6. The maximum absolute atomic E-state index is 12.7. The molecule has 0 aromatic heterocycles. The second-order valence-corrected chi connectivity index (χ2v) is 18.2. The van der Waals surface area contributed by atoms with Crippen LogP contribution in [0.15, 0.2) is 24.3 Å². The van der Waals surface area contributed by atoms with Gasteiger partial charge in [-0.1, -0.05) is 179 Å². The summed E-state index contributed by atoms with van der Waals surface area (Å²) in [4.78, 5) is 22.9. The van der Waals surface area contributed by atoms with E-state index in [1.807, 2.05) is 21.1 Å². The van der Waals surface area contributed by atoms with Crippen molar-refractivity contribution in [3.8, 4) is 0 Å². The van der Waals surface area contributed by atoms with Gasteiger partial charge in [0.25, 0.3) is 0 Å². The first-order valence-electron chi connectivity index (χ1n) is 23.1. The van der Waals surface area contributed by atoms with Crippen molar-refractivity contribution in [1.82, 2.24) is 0 Å². The van der Waals surface area contributed by atoms with E-state index in [-0.39, 0.29) is 25.8 Å². The van der Waals surface area contributed by atoms with Gasteiger partial charge >= 0.3 is 13.8 Å². The lowest BCUT2D eigenvalue weighted by Crippen LogP contribution is -2.37. The van der Waals surface area contributed by atoms with Crippen molar-refractivity contribution >= 4 is 13.8 Å². The lowest BCUT2D eigenvalue weighted by atomic mass is 10.0. The van der Waals surface area contributed by atoms with Crippen LogP contribution < -0.4 is 0 Å². The van der Waals surface area contributed by atoms with E-state index in [0.717, 1.165) is 44.9 Å². The standard InChI is InChI=1S/C46H90NO7P/c1-6-8-10-12-14-16-18-20-22-24-25-27-29-31-33-35-37-39-46(48)54-45(44-53-55(49,50)52-42-40-47(3,4)5)43-51-41-38-36-34-32-30-28-26-23-21-19-17-15-13-11-9-7-2/h15,17,21,23,45H,6-14,16,18-20,22,24-44H2,1-5H3/p+1/b17-15-,23-21-/t45-/m1/s1. The number of unbranched alkanes of at least 4 members (excludes halogenated alkanes) is 25. The van der Waals surface area contributed by atoms with E-state index in [4.69, 9.17) is 18.5 Å². The van der Waals surface area contributed by atoms with Gasteiger partial charge in [0.1, 0.15) is 19.3 Å². The molecule has 0 aromatic rings. The van der Waals surface area contributed by atoms with Crippen molar-refractivity contribution < 1.29 is 37.3 Å². The molecule has 8 nitrogen and oxygen atoms in total. The van der Waals surface area contributed by atoms with Crippen molar-refractivity contribution in [2.24, 2.45) is 0 Å². The molecule has 1 N–H and O–H groups in total. The average Bonchev–Trinajstić information content (AvgIpc) is 3.13. The third-order valence-electron chi connectivity index (χ3n) is 10.0. The molecule has 0 aliphatic carbocycles. The highest BCUT2D eigenvalue weighted by atomic mass is 31.2. The van der Waals surface area contributed by atoms with Crippen LogP contribution in [-0.2, 0) is 27.9 Å². The maximum atomic E-state index is 12.7. The van der Waals surface area contributed by atoms with Gasteiger partial charge < -0.3 is 18.9 Å². The number of hydrogen-bond donors (Lipinski definition) is 1. The third-order valence-corrected chi connectivity index (χ3v) is 11.0. The molecule has 2 atom stereocenters. The van der Waals surface area contributed by atoms with Gasteiger partial charge in [-0.2, -0.15) is 0 Å². The third kappa shape index (κ3) is 43.9. The second-order valence-electron chi connectivity index (χ2n) is 16.8. The molecule has 0 spiro atoms. The summed E-state index contributed by atoms with van der Waals surface area (Å²) < 4.78 is 35.0. The summed E-state index contributed by atoms with van der Waals surface area (Å²) >= 11 is 0. The quantitative estimate of drug-likeness (QED) is 0.0216. The summed E-state index contributed by atoms with van der Waals surface area (Å²) in [5, 5.41) is 0.